The summed E-state index contributed by atoms with van der Waals surface area (Å²) in [4.78, 5) is 23.3. The van der Waals surface area contributed by atoms with Gasteiger partial charge in [-0.15, -0.1) is 0 Å². The molecule has 2 rings (SSSR count). The van der Waals surface area contributed by atoms with Crippen molar-refractivity contribution in [2.75, 3.05) is 0 Å². The molecule has 0 unspecified atom stereocenters. The molecule has 0 heterocycles. The number of hydrogen-bond donors (Lipinski definition) is 2. The highest BCUT2D eigenvalue weighted by Gasteiger charge is 2.43. The first kappa shape index (κ1) is 13.8. The molecule has 1 aliphatic rings. The van der Waals surface area contributed by atoms with E-state index in [0.29, 0.717) is 12.8 Å². The minimum atomic E-state index is -1.29. The largest absolute Gasteiger partial charge is 0.480 e. The summed E-state index contributed by atoms with van der Waals surface area (Å²) in [7, 11) is 0. The van der Waals surface area contributed by atoms with E-state index in [-0.39, 0.29) is 10.6 Å². The van der Waals surface area contributed by atoms with Crippen LogP contribution in [0.3, 0.4) is 0 Å². The van der Waals surface area contributed by atoms with Crippen LogP contribution in [0.5, 0.6) is 0 Å². The second kappa shape index (κ2) is 5.17. The van der Waals surface area contributed by atoms with Crippen molar-refractivity contribution in [2.45, 2.75) is 31.2 Å². The summed E-state index contributed by atoms with van der Waals surface area (Å²) in [5, 5.41) is 11.9. The third-order valence-electron chi connectivity index (χ3n) is 3.39. The molecule has 2 N–H and O–H groups in total. The molecule has 0 spiro atoms. The number of hydrogen-bond acceptors (Lipinski definition) is 2. The van der Waals surface area contributed by atoms with Crippen molar-refractivity contribution < 1.29 is 19.1 Å². The molecular weight excluding hydrogens is 273 g/mol. The molecule has 0 aliphatic heterocycles. The molecule has 1 aliphatic carbocycles. The lowest BCUT2D eigenvalue weighted by Crippen LogP contribution is -2.52. The highest BCUT2D eigenvalue weighted by molar-refractivity contribution is 6.31. The van der Waals surface area contributed by atoms with E-state index >= 15 is 0 Å². The van der Waals surface area contributed by atoms with Crippen LogP contribution in [0, 0.1) is 5.82 Å². The summed E-state index contributed by atoms with van der Waals surface area (Å²) in [6.45, 7) is 0. The van der Waals surface area contributed by atoms with Gasteiger partial charge in [0.15, 0.2) is 0 Å². The summed E-state index contributed by atoms with van der Waals surface area (Å²) in [5.74, 6) is -2.55. The van der Waals surface area contributed by atoms with E-state index in [1.165, 1.54) is 12.1 Å². The van der Waals surface area contributed by atoms with Crippen LogP contribution in [-0.4, -0.2) is 22.5 Å². The molecule has 6 heteroatoms. The average Bonchev–Trinajstić information content (AvgIpc) is 2.82. The van der Waals surface area contributed by atoms with Gasteiger partial charge in [0.2, 0.25) is 0 Å². The Morgan fingerprint density at radius 2 is 1.95 bits per heavy atom. The summed E-state index contributed by atoms with van der Waals surface area (Å²) in [6, 6.07) is 3.60. The van der Waals surface area contributed by atoms with Crippen LogP contribution in [0.15, 0.2) is 18.2 Å². The number of carbonyl (C=O) groups is 2. The minimum Gasteiger partial charge on any atom is -0.480 e. The van der Waals surface area contributed by atoms with Crippen molar-refractivity contribution in [3.63, 3.8) is 0 Å². The number of benzene rings is 1. The molecule has 0 radical (unpaired) electrons. The maximum absolute atomic E-state index is 13.6. The fraction of sp³-hybridized carbons (Fsp3) is 0.385. The van der Waals surface area contributed by atoms with Crippen molar-refractivity contribution in [1.82, 2.24) is 5.32 Å². The highest BCUT2D eigenvalue weighted by Crippen LogP contribution is 2.30. The van der Waals surface area contributed by atoms with E-state index in [9.17, 15) is 19.1 Å². The van der Waals surface area contributed by atoms with E-state index in [2.05, 4.69) is 5.32 Å². The van der Waals surface area contributed by atoms with Crippen LogP contribution in [0.1, 0.15) is 36.0 Å². The highest BCUT2D eigenvalue weighted by atomic mass is 35.5. The molecule has 0 saturated heterocycles. The zero-order valence-electron chi connectivity index (χ0n) is 10.1. The number of carboxylic acids is 1. The van der Waals surface area contributed by atoms with Crippen LogP contribution in [0.4, 0.5) is 4.39 Å². The molecule has 1 amide bonds. The number of carbonyl (C=O) groups excluding carboxylic acids is 1. The van der Waals surface area contributed by atoms with Gasteiger partial charge < -0.3 is 10.4 Å². The lowest BCUT2D eigenvalue weighted by molar-refractivity contribution is -0.144. The Kier molecular flexibility index (Phi) is 3.75. The fourth-order valence-corrected chi connectivity index (χ4v) is 2.50. The molecule has 1 fully saturated rings. The molecule has 1 aromatic carbocycles. The van der Waals surface area contributed by atoms with Crippen molar-refractivity contribution >= 4 is 23.5 Å². The zero-order valence-corrected chi connectivity index (χ0v) is 10.8. The number of carboxylic acid groups (broad SMARTS) is 1. The molecule has 1 saturated carbocycles. The molecular formula is C13H13ClFNO3. The number of aliphatic carboxylic acids is 1. The van der Waals surface area contributed by atoms with Gasteiger partial charge in [-0.3, -0.25) is 4.79 Å². The summed E-state index contributed by atoms with van der Waals surface area (Å²) in [5.41, 5.74) is -1.52. The number of amides is 1. The van der Waals surface area contributed by atoms with E-state index < -0.39 is 23.2 Å². The molecule has 0 aromatic heterocycles. The molecule has 1 aromatic rings. The van der Waals surface area contributed by atoms with Crippen LogP contribution in [-0.2, 0) is 4.79 Å². The van der Waals surface area contributed by atoms with E-state index in [4.69, 9.17) is 11.6 Å². The van der Waals surface area contributed by atoms with Gasteiger partial charge in [-0.1, -0.05) is 24.4 Å². The molecule has 19 heavy (non-hydrogen) atoms. The summed E-state index contributed by atoms with van der Waals surface area (Å²) < 4.78 is 13.6. The quantitative estimate of drug-likeness (QED) is 0.897. The Morgan fingerprint density at radius 1 is 1.32 bits per heavy atom. The second-order valence-corrected chi connectivity index (χ2v) is 5.11. The fourth-order valence-electron chi connectivity index (χ4n) is 2.33. The molecule has 4 nitrogen and oxygen atoms in total. The first-order valence-corrected chi connectivity index (χ1v) is 6.33. The Balaban J connectivity index is 2.25. The van der Waals surface area contributed by atoms with Gasteiger partial charge in [0.05, 0.1) is 5.56 Å². The topological polar surface area (TPSA) is 66.4 Å². The lowest BCUT2D eigenvalue weighted by Gasteiger charge is -2.25. The van der Waals surface area contributed by atoms with Crippen molar-refractivity contribution in [1.29, 1.82) is 0 Å². The van der Waals surface area contributed by atoms with Gasteiger partial charge in [-0.25, -0.2) is 9.18 Å². The van der Waals surface area contributed by atoms with Crippen LogP contribution in [0.25, 0.3) is 0 Å². The molecule has 102 valence electrons. The smallest absolute Gasteiger partial charge is 0.329 e. The van der Waals surface area contributed by atoms with E-state index in [1.807, 2.05) is 0 Å². The van der Waals surface area contributed by atoms with Crippen molar-refractivity contribution in [2.24, 2.45) is 0 Å². The first-order valence-electron chi connectivity index (χ1n) is 5.95. The predicted molar refractivity (Wildman–Crippen MR) is 67.7 cm³/mol. The van der Waals surface area contributed by atoms with Crippen molar-refractivity contribution in [3.8, 4) is 0 Å². The zero-order chi connectivity index (χ0) is 14.0. The number of halogens is 2. The SMILES string of the molecule is O=C(NC1(C(=O)O)CCCC1)c1cc(Cl)ccc1F. The van der Waals surface area contributed by atoms with Gasteiger partial charge in [0, 0.05) is 5.02 Å². The third kappa shape index (κ3) is 2.71. The summed E-state index contributed by atoms with van der Waals surface area (Å²) >= 11 is 5.71. The van der Waals surface area contributed by atoms with Crippen LogP contribution in [0.2, 0.25) is 5.02 Å². The Hall–Kier alpha value is -1.62. The van der Waals surface area contributed by atoms with Crippen LogP contribution >= 0.6 is 11.6 Å². The Morgan fingerprint density at radius 3 is 2.53 bits per heavy atom. The monoisotopic (exact) mass is 285 g/mol. The number of nitrogens with one attached hydrogen (secondary N) is 1. The van der Waals surface area contributed by atoms with Crippen molar-refractivity contribution in [3.05, 3.63) is 34.6 Å². The standard InChI is InChI=1S/C13H13ClFNO3/c14-8-3-4-10(15)9(7-8)11(17)16-13(12(18)19)5-1-2-6-13/h3-4,7H,1-2,5-6H2,(H,16,17)(H,18,19). The molecule has 0 atom stereocenters. The first-order chi connectivity index (χ1) is 8.94. The van der Waals surface area contributed by atoms with Crippen LogP contribution < -0.4 is 5.32 Å². The Labute approximate surface area is 114 Å². The lowest BCUT2D eigenvalue weighted by atomic mass is 9.97. The third-order valence-corrected chi connectivity index (χ3v) is 3.63. The molecule has 0 bridgehead atoms. The summed E-state index contributed by atoms with van der Waals surface area (Å²) in [6.07, 6.45) is 2.17. The average molecular weight is 286 g/mol. The minimum absolute atomic E-state index is 0.224. The number of rotatable bonds is 3. The van der Waals surface area contributed by atoms with Gasteiger partial charge in [-0.05, 0) is 31.0 Å². The normalized spacial score (nSPS) is 17.2. The van der Waals surface area contributed by atoms with Gasteiger partial charge >= 0.3 is 5.97 Å². The van der Waals surface area contributed by atoms with Gasteiger partial charge in [0.25, 0.3) is 5.91 Å². The van der Waals surface area contributed by atoms with Gasteiger partial charge in [0.1, 0.15) is 11.4 Å². The maximum Gasteiger partial charge on any atom is 0.329 e. The van der Waals surface area contributed by atoms with E-state index in [0.717, 1.165) is 18.9 Å². The van der Waals surface area contributed by atoms with E-state index in [1.54, 1.807) is 0 Å². The van der Waals surface area contributed by atoms with Gasteiger partial charge in [-0.2, -0.15) is 0 Å². The maximum atomic E-state index is 13.6. The predicted octanol–water partition coefficient (Wildman–Crippen LogP) is 2.61. The second-order valence-electron chi connectivity index (χ2n) is 4.67. The Bertz CT molecular complexity index is 527.